The summed E-state index contributed by atoms with van der Waals surface area (Å²) in [5.41, 5.74) is 5.48. The number of carbonyl (C=O) groups excluding carboxylic acids is 2. The van der Waals surface area contributed by atoms with Gasteiger partial charge in [0.25, 0.3) is 11.1 Å². The molecule has 3 rings (SSSR count). The summed E-state index contributed by atoms with van der Waals surface area (Å²) in [6.07, 6.45) is 0.140. The molecule has 1 unspecified atom stereocenters. The number of hydrogen-bond acceptors (Lipinski definition) is 4. The zero-order chi connectivity index (χ0) is 21.1. The number of ketones is 1. The van der Waals surface area contributed by atoms with Crippen molar-refractivity contribution < 1.29 is 9.59 Å². The highest BCUT2D eigenvalue weighted by molar-refractivity contribution is 6.31. The van der Waals surface area contributed by atoms with Crippen LogP contribution in [0.2, 0.25) is 5.02 Å². The molecule has 0 fully saturated rings. The lowest BCUT2D eigenvalue weighted by Gasteiger charge is -2.17. The Labute approximate surface area is 170 Å². The average Bonchev–Trinajstić information content (AvgIpc) is 2.68. The third-order valence-electron chi connectivity index (χ3n) is 4.53. The summed E-state index contributed by atoms with van der Waals surface area (Å²) in [5.74, 6) is -1.04. The highest BCUT2D eigenvalue weighted by Crippen LogP contribution is 2.24. The number of Topliss-reactive ketones (excluding diaryl/α,β-unsaturated/α-hetero) is 1. The predicted molar refractivity (Wildman–Crippen MR) is 110 cm³/mol. The first kappa shape index (κ1) is 20.3. The van der Waals surface area contributed by atoms with Crippen LogP contribution in [-0.4, -0.2) is 21.5 Å². The second-order valence-electron chi connectivity index (χ2n) is 6.56. The van der Waals surface area contributed by atoms with Crippen molar-refractivity contribution >= 4 is 23.3 Å². The Hall–Kier alpha value is -3.45. The third-order valence-corrected chi connectivity index (χ3v) is 4.77. The normalized spacial score (nSPS) is 11.8. The van der Waals surface area contributed by atoms with E-state index in [1.54, 1.807) is 24.3 Å². The molecule has 0 aliphatic rings. The zero-order valence-corrected chi connectivity index (χ0v) is 16.3. The first-order valence-electron chi connectivity index (χ1n) is 8.78. The van der Waals surface area contributed by atoms with Gasteiger partial charge >= 0.3 is 0 Å². The highest BCUT2D eigenvalue weighted by atomic mass is 35.5. The third kappa shape index (κ3) is 4.35. The number of benzene rings is 2. The second-order valence-corrected chi connectivity index (χ2v) is 7.00. The molecule has 1 aromatic heterocycles. The fraction of sp³-hybridized carbons (Fsp3) is 0.143. The van der Waals surface area contributed by atoms with Crippen molar-refractivity contribution in [2.24, 2.45) is 5.73 Å². The number of nitrogens with one attached hydrogen (secondary N) is 1. The maximum absolute atomic E-state index is 12.7. The van der Waals surface area contributed by atoms with Crippen LogP contribution in [0.3, 0.4) is 0 Å². The molecule has 0 radical (unpaired) electrons. The van der Waals surface area contributed by atoms with Gasteiger partial charge in [-0.25, -0.2) is 4.68 Å². The van der Waals surface area contributed by atoms with E-state index < -0.39 is 23.1 Å². The number of nitrogens with zero attached hydrogens (tertiary/aromatic N) is 1. The number of carbonyl (C=O) groups is 2. The van der Waals surface area contributed by atoms with E-state index >= 15 is 0 Å². The average molecular weight is 412 g/mol. The molecule has 3 N–H and O–H groups in total. The lowest BCUT2D eigenvalue weighted by Crippen LogP contribution is -2.39. The van der Waals surface area contributed by atoms with Crippen LogP contribution in [-0.2, 0) is 11.2 Å². The lowest BCUT2D eigenvalue weighted by atomic mass is 9.99. The van der Waals surface area contributed by atoms with Crippen molar-refractivity contribution in [1.82, 2.24) is 9.78 Å². The van der Waals surface area contributed by atoms with Crippen molar-refractivity contribution in [3.05, 3.63) is 91.5 Å². The minimum absolute atomic E-state index is 0.0121. The standard InChI is InChI=1S/C21H18ClN3O4/c1-12(26)15-8-7-14(22)10-16(15)17-11-19(27)25(24-21(17)29)18(20(23)28)9-13-5-3-2-4-6-13/h2-8,10-11,18H,9H2,1H3,(H2,23,28)(H,24,29). The number of primary amides is 1. The summed E-state index contributed by atoms with van der Waals surface area (Å²) in [4.78, 5) is 49.4. The van der Waals surface area contributed by atoms with Crippen LogP contribution in [0.1, 0.15) is 28.9 Å². The lowest BCUT2D eigenvalue weighted by molar-refractivity contribution is -0.121. The number of aromatic nitrogens is 2. The van der Waals surface area contributed by atoms with Crippen LogP contribution in [0, 0.1) is 0 Å². The first-order valence-corrected chi connectivity index (χ1v) is 9.15. The fourth-order valence-corrected chi connectivity index (χ4v) is 3.29. The largest absolute Gasteiger partial charge is 0.368 e. The van der Waals surface area contributed by atoms with E-state index in [1.165, 1.54) is 25.1 Å². The Morgan fingerprint density at radius 2 is 1.76 bits per heavy atom. The Morgan fingerprint density at radius 3 is 2.38 bits per heavy atom. The topological polar surface area (TPSA) is 115 Å². The molecule has 0 aliphatic heterocycles. The van der Waals surface area contributed by atoms with Gasteiger partial charge < -0.3 is 5.73 Å². The maximum atomic E-state index is 12.7. The number of halogens is 1. The van der Waals surface area contributed by atoms with Crippen LogP contribution in [0.25, 0.3) is 11.1 Å². The second kappa shape index (κ2) is 8.28. The molecule has 1 atom stereocenters. The van der Waals surface area contributed by atoms with Crippen molar-refractivity contribution in [3.63, 3.8) is 0 Å². The minimum Gasteiger partial charge on any atom is -0.368 e. The molecule has 0 aliphatic carbocycles. The monoisotopic (exact) mass is 411 g/mol. The summed E-state index contributed by atoms with van der Waals surface area (Å²) in [6.45, 7) is 1.35. The molecular weight excluding hydrogens is 394 g/mol. The number of rotatable bonds is 6. The first-order chi connectivity index (χ1) is 13.8. The quantitative estimate of drug-likeness (QED) is 0.605. The summed E-state index contributed by atoms with van der Waals surface area (Å²) < 4.78 is 0.916. The Morgan fingerprint density at radius 1 is 1.07 bits per heavy atom. The van der Waals surface area contributed by atoms with Gasteiger partial charge in [0.2, 0.25) is 5.91 Å². The zero-order valence-electron chi connectivity index (χ0n) is 15.5. The van der Waals surface area contributed by atoms with Crippen LogP contribution in [0.15, 0.2) is 64.2 Å². The Kier molecular flexibility index (Phi) is 5.79. The van der Waals surface area contributed by atoms with E-state index in [1.807, 2.05) is 6.07 Å². The van der Waals surface area contributed by atoms with Crippen LogP contribution in [0.5, 0.6) is 0 Å². The van der Waals surface area contributed by atoms with Crippen LogP contribution in [0.4, 0.5) is 0 Å². The minimum atomic E-state index is -1.07. The summed E-state index contributed by atoms with van der Waals surface area (Å²) in [7, 11) is 0. The van der Waals surface area contributed by atoms with E-state index in [4.69, 9.17) is 17.3 Å². The van der Waals surface area contributed by atoms with Gasteiger partial charge in [-0.2, -0.15) is 0 Å². The van der Waals surface area contributed by atoms with Gasteiger partial charge in [-0.1, -0.05) is 41.9 Å². The molecule has 2 aromatic carbocycles. The molecule has 0 spiro atoms. The summed E-state index contributed by atoms with van der Waals surface area (Å²) in [6, 6.07) is 13.5. The number of H-pyrrole nitrogens is 1. The number of aromatic amines is 1. The fourth-order valence-electron chi connectivity index (χ4n) is 3.12. The van der Waals surface area contributed by atoms with E-state index in [0.717, 1.165) is 16.3 Å². The van der Waals surface area contributed by atoms with Gasteiger partial charge in [0, 0.05) is 23.1 Å². The van der Waals surface area contributed by atoms with Crippen molar-refractivity contribution in [2.75, 3.05) is 0 Å². The smallest absolute Gasteiger partial charge is 0.270 e. The van der Waals surface area contributed by atoms with E-state index in [9.17, 15) is 19.2 Å². The van der Waals surface area contributed by atoms with Crippen LogP contribution < -0.4 is 16.9 Å². The number of amides is 1. The van der Waals surface area contributed by atoms with Gasteiger partial charge in [-0.05, 0) is 36.2 Å². The molecule has 29 heavy (non-hydrogen) atoms. The molecule has 1 heterocycles. The van der Waals surface area contributed by atoms with Gasteiger partial charge in [0.1, 0.15) is 6.04 Å². The molecule has 8 heteroatoms. The SMILES string of the molecule is CC(=O)c1ccc(Cl)cc1-c1cc(=O)n(C(Cc2ccccc2)C(N)=O)[nH]c1=O. The van der Waals surface area contributed by atoms with E-state index in [0.29, 0.717) is 5.02 Å². The van der Waals surface area contributed by atoms with Crippen molar-refractivity contribution in [1.29, 1.82) is 0 Å². The summed E-state index contributed by atoms with van der Waals surface area (Å²) >= 11 is 6.01. The van der Waals surface area contributed by atoms with E-state index in [2.05, 4.69) is 5.10 Å². The maximum Gasteiger partial charge on any atom is 0.270 e. The van der Waals surface area contributed by atoms with E-state index in [-0.39, 0.29) is 28.9 Å². The Bertz CT molecular complexity index is 1200. The summed E-state index contributed by atoms with van der Waals surface area (Å²) in [5, 5.41) is 2.74. The van der Waals surface area contributed by atoms with Gasteiger partial charge in [-0.3, -0.25) is 24.3 Å². The van der Waals surface area contributed by atoms with Crippen molar-refractivity contribution in [2.45, 2.75) is 19.4 Å². The highest BCUT2D eigenvalue weighted by Gasteiger charge is 2.22. The molecule has 1 amide bonds. The predicted octanol–water partition coefficient (Wildman–Crippen LogP) is 2.33. The molecule has 7 nitrogen and oxygen atoms in total. The number of nitrogens with two attached hydrogens (primary N) is 1. The van der Waals surface area contributed by atoms with Crippen molar-refractivity contribution in [3.8, 4) is 11.1 Å². The Balaban J connectivity index is 2.12. The van der Waals surface area contributed by atoms with Gasteiger partial charge in [-0.15, -0.1) is 0 Å². The van der Waals surface area contributed by atoms with Gasteiger partial charge in [0.15, 0.2) is 5.78 Å². The molecule has 3 aromatic rings. The molecule has 0 saturated carbocycles. The number of hydrogen-bond donors (Lipinski definition) is 2. The molecule has 148 valence electrons. The molecular formula is C21H18ClN3O4. The molecule has 0 saturated heterocycles. The molecule has 0 bridgehead atoms. The van der Waals surface area contributed by atoms with Crippen LogP contribution >= 0.6 is 11.6 Å². The van der Waals surface area contributed by atoms with Gasteiger partial charge in [0.05, 0.1) is 5.56 Å².